The van der Waals surface area contributed by atoms with Crippen LogP contribution < -0.4 is 5.32 Å². The molecule has 1 unspecified atom stereocenters. The molecule has 0 fully saturated rings. The van der Waals surface area contributed by atoms with Crippen LogP contribution in [0.3, 0.4) is 0 Å². The first-order valence-electron chi connectivity index (χ1n) is 5.92. The molecule has 0 spiro atoms. The maximum Gasteiger partial charge on any atom is 0.110 e. The van der Waals surface area contributed by atoms with E-state index in [1.54, 1.807) is 0 Å². The molecule has 2 heterocycles. The third-order valence-corrected chi connectivity index (χ3v) is 2.72. The second-order valence-corrected chi connectivity index (χ2v) is 4.07. The van der Waals surface area contributed by atoms with Gasteiger partial charge in [-0.1, -0.05) is 0 Å². The van der Waals surface area contributed by atoms with E-state index >= 15 is 0 Å². The van der Waals surface area contributed by atoms with Crippen molar-refractivity contribution in [3.63, 3.8) is 0 Å². The minimum atomic E-state index is 0.359. The molecule has 1 atom stereocenters. The molecular formula is C12H19N3O. The van der Waals surface area contributed by atoms with Crippen LogP contribution in [0.2, 0.25) is 0 Å². The van der Waals surface area contributed by atoms with E-state index < -0.39 is 0 Å². The summed E-state index contributed by atoms with van der Waals surface area (Å²) in [7, 11) is 0. The van der Waals surface area contributed by atoms with Crippen molar-refractivity contribution in [1.29, 1.82) is 0 Å². The van der Waals surface area contributed by atoms with Gasteiger partial charge in [0.1, 0.15) is 6.10 Å². The molecule has 1 aromatic rings. The summed E-state index contributed by atoms with van der Waals surface area (Å²) in [6, 6.07) is 0. The van der Waals surface area contributed by atoms with Crippen molar-refractivity contribution in [2.24, 2.45) is 0 Å². The van der Waals surface area contributed by atoms with Gasteiger partial charge in [0.05, 0.1) is 12.6 Å². The van der Waals surface area contributed by atoms with Crippen LogP contribution >= 0.6 is 0 Å². The van der Waals surface area contributed by atoms with E-state index in [-0.39, 0.29) is 0 Å². The largest absolute Gasteiger partial charge is 0.497 e. The molecule has 0 bridgehead atoms. The number of aromatic nitrogens is 2. The lowest BCUT2D eigenvalue weighted by molar-refractivity contribution is 0.122. The van der Waals surface area contributed by atoms with E-state index in [4.69, 9.17) is 4.74 Å². The minimum Gasteiger partial charge on any atom is -0.497 e. The molecule has 0 saturated heterocycles. The van der Waals surface area contributed by atoms with Crippen LogP contribution in [0.1, 0.15) is 19.3 Å². The number of nitrogens with one attached hydrogen (secondary N) is 1. The lowest BCUT2D eigenvalue weighted by Gasteiger charge is -2.19. The van der Waals surface area contributed by atoms with Crippen molar-refractivity contribution in [2.75, 3.05) is 13.1 Å². The molecule has 0 saturated carbocycles. The van der Waals surface area contributed by atoms with Crippen LogP contribution in [0, 0.1) is 0 Å². The Kier molecular flexibility index (Phi) is 4.43. The standard InChI is InChI=1S/C12H19N3O/c1-2-9-16-12(4-1)10-13-5-3-7-15-8-6-14-11-15/h2,6,8-9,11-13H,1,3-5,7,10H2. The zero-order valence-corrected chi connectivity index (χ0v) is 9.51. The van der Waals surface area contributed by atoms with Crippen LogP contribution in [0.5, 0.6) is 0 Å². The van der Waals surface area contributed by atoms with Crippen LogP contribution in [0.25, 0.3) is 0 Å². The van der Waals surface area contributed by atoms with E-state index in [0.29, 0.717) is 6.10 Å². The quantitative estimate of drug-likeness (QED) is 0.741. The number of aryl methyl sites for hydroxylation is 1. The zero-order chi connectivity index (χ0) is 11.1. The number of nitrogens with zero attached hydrogens (tertiary/aromatic N) is 2. The Morgan fingerprint density at radius 3 is 3.25 bits per heavy atom. The molecule has 2 rings (SSSR count). The number of imidazole rings is 1. The van der Waals surface area contributed by atoms with Crippen LogP contribution in [0.4, 0.5) is 0 Å². The molecule has 0 aliphatic carbocycles. The SMILES string of the molecule is C1=COC(CNCCCn2ccnc2)CC1. The third-order valence-electron chi connectivity index (χ3n) is 2.72. The fourth-order valence-corrected chi connectivity index (χ4v) is 1.80. The number of hydrogen-bond acceptors (Lipinski definition) is 3. The van der Waals surface area contributed by atoms with Crippen LogP contribution in [-0.2, 0) is 11.3 Å². The van der Waals surface area contributed by atoms with Gasteiger partial charge in [-0.15, -0.1) is 0 Å². The third kappa shape index (κ3) is 3.70. The molecule has 16 heavy (non-hydrogen) atoms. The maximum atomic E-state index is 5.47. The molecule has 0 amide bonds. The Balaban J connectivity index is 1.50. The van der Waals surface area contributed by atoms with Gasteiger partial charge < -0.3 is 14.6 Å². The fourth-order valence-electron chi connectivity index (χ4n) is 1.80. The molecule has 1 aliphatic rings. The topological polar surface area (TPSA) is 39.1 Å². The maximum absolute atomic E-state index is 5.47. The fraction of sp³-hybridized carbons (Fsp3) is 0.583. The first-order valence-corrected chi connectivity index (χ1v) is 5.92. The highest BCUT2D eigenvalue weighted by molar-refractivity contribution is 4.83. The predicted octanol–water partition coefficient (Wildman–Crippen LogP) is 1.56. The number of ether oxygens (including phenoxy) is 1. The monoisotopic (exact) mass is 221 g/mol. The average molecular weight is 221 g/mol. The average Bonchev–Trinajstić information content (AvgIpc) is 2.83. The molecule has 1 N–H and O–H groups in total. The van der Waals surface area contributed by atoms with Gasteiger partial charge >= 0.3 is 0 Å². The summed E-state index contributed by atoms with van der Waals surface area (Å²) in [6.07, 6.45) is 13.3. The Morgan fingerprint density at radius 2 is 2.50 bits per heavy atom. The lowest BCUT2D eigenvalue weighted by Crippen LogP contribution is -2.30. The molecule has 1 aromatic heterocycles. The predicted molar refractivity (Wildman–Crippen MR) is 63.0 cm³/mol. The first kappa shape index (κ1) is 11.2. The smallest absolute Gasteiger partial charge is 0.110 e. The summed E-state index contributed by atoms with van der Waals surface area (Å²) >= 11 is 0. The first-order chi connectivity index (χ1) is 7.95. The molecule has 4 nitrogen and oxygen atoms in total. The van der Waals surface area contributed by atoms with E-state index in [0.717, 1.165) is 38.9 Å². The van der Waals surface area contributed by atoms with E-state index in [1.165, 1.54) is 0 Å². The molecule has 88 valence electrons. The van der Waals surface area contributed by atoms with Gasteiger partial charge in [0.2, 0.25) is 0 Å². The van der Waals surface area contributed by atoms with Crippen LogP contribution in [0.15, 0.2) is 31.1 Å². The van der Waals surface area contributed by atoms with Crippen molar-refractivity contribution < 1.29 is 4.74 Å². The Bertz CT molecular complexity index is 308. The molecule has 0 aromatic carbocycles. The summed E-state index contributed by atoms with van der Waals surface area (Å²) < 4.78 is 7.57. The number of hydrogen-bond donors (Lipinski definition) is 1. The van der Waals surface area contributed by atoms with E-state index in [1.807, 2.05) is 25.0 Å². The molecule has 4 heteroatoms. The van der Waals surface area contributed by atoms with E-state index in [9.17, 15) is 0 Å². The van der Waals surface area contributed by atoms with Crippen molar-refractivity contribution >= 4 is 0 Å². The molecular weight excluding hydrogens is 202 g/mol. The second kappa shape index (κ2) is 6.33. The van der Waals surface area contributed by atoms with Crippen molar-refractivity contribution in [3.8, 4) is 0 Å². The van der Waals surface area contributed by atoms with Crippen molar-refractivity contribution in [3.05, 3.63) is 31.1 Å². The Hall–Kier alpha value is -1.29. The highest BCUT2D eigenvalue weighted by Gasteiger charge is 2.09. The summed E-state index contributed by atoms with van der Waals surface area (Å²) in [5.74, 6) is 0. The zero-order valence-electron chi connectivity index (χ0n) is 9.51. The van der Waals surface area contributed by atoms with Gasteiger partial charge in [-0.05, 0) is 31.9 Å². The van der Waals surface area contributed by atoms with Crippen molar-refractivity contribution in [1.82, 2.24) is 14.9 Å². The number of allylic oxidation sites excluding steroid dienone is 1. The minimum absolute atomic E-state index is 0.359. The van der Waals surface area contributed by atoms with Gasteiger partial charge in [0.15, 0.2) is 0 Å². The molecule has 1 aliphatic heterocycles. The van der Waals surface area contributed by atoms with Gasteiger partial charge in [0, 0.05) is 25.5 Å². The van der Waals surface area contributed by atoms with Gasteiger partial charge in [-0.2, -0.15) is 0 Å². The van der Waals surface area contributed by atoms with Crippen molar-refractivity contribution in [2.45, 2.75) is 31.9 Å². The summed E-state index contributed by atoms with van der Waals surface area (Å²) in [4.78, 5) is 4.01. The van der Waals surface area contributed by atoms with Gasteiger partial charge in [-0.3, -0.25) is 0 Å². The summed E-state index contributed by atoms with van der Waals surface area (Å²) in [5, 5.41) is 3.42. The van der Waals surface area contributed by atoms with Gasteiger partial charge in [0.25, 0.3) is 0 Å². The summed E-state index contributed by atoms with van der Waals surface area (Å²) in [6.45, 7) is 3.01. The normalized spacial score (nSPS) is 19.6. The number of rotatable bonds is 6. The highest BCUT2D eigenvalue weighted by Crippen LogP contribution is 2.08. The van der Waals surface area contributed by atoms with Gasteiger partial charge in [-0.25, -0.2) is 4.98 Å². The van der Waals surface area contributed by atoms with Crippen LogP contribution in [-0.4, -0.2) is 28.7 Å². The van der Waals surface area contributed by atoms with E-state index in [2.05, 4.69) is 20.9 Å². The molecule has 0 radical (unpaired) electrons. The Morgan fingerprint density at radius 1 is 1.50 bits per heavy atom. The lowest BCUT2D eigenvalue weighted by atomic mass is 10.1. The Labute approximate surface area is 96.3 Å². The highest BCUT2D eigenvalue weighted by atomic mass is 16.5. The second-order valence-electron chi connectivity index (χ2n) is 4.07. The summed E-state index contributed by atoms with van der Waals surface area (Å²) in [5.41, 5.74) is 0.